The fraction of sp³-hybridized carbons (Fsp3) is 0.207. The van der Waals surface area contributed by atoms with Crippen molar-refractivity contribution in [1.29, 1.82) is 0 Å². The van der Waals surface area contributed by atoms with Crippen LogP contribution in [0.3, 0.4) is 0 Å². The minimum atomic E-state index is -0.568. The predicted molar refractivity (Wildman–Crippen MR) is 142 cm³/mol. The highest BCUT2D eigenvalue weighted by Gasteiger charge is 2.18. The fourth-order valence-electron chi connectivity index (χ4n) is 3.98. The van der Waals surface area contributed by atoms with E-state index < -0.39 is 11.8 Å². The van der Waals surface area contributed by atoms with Gasteiger partial charge in [-0.2, -0.15) is 5.10 Å². The summed E-state index contributed by atoms with van der Waals surface area (Å²) >= 11 is 0. The molecule has 0 aliphatic carbocycles. The summed E-state index contributed by atoms with van der Waals surface area (Å²) in [7, 11) is 4.46. The van der Waals surface area contributed by atoms with Crippen LogP contribution in [0.25, 0.3) is 16.5 Å². The monoisotopic (exact) mass is 535 g/mol. The van der Waals surface area contributed by atoms with Crippen molar-refractivity contribution >= 4 is 28.2 Å². The zero-order chi connectivity index (χ0) is 27.9. The molecule has 0 bridgehead atoms. The van der Waals surface area contributed by atoms with Gasteiger partial charge in [0.2, 0.25) is 0 Å². The molecule has 3 aromatic carbocycles. The number of carbonyl (C=O) groups is 1. The van der Waals surface area contributed by atoms with Crippen molar-refractivity contribution in [1.82, 2.24) is 9.78 Å². The SMILES string of the molecule is COC=C(C(=O)OC)c1ccccc1CON=C(C)c1nn(C)c2cc(OCc3ccc(F)cc3)c(F)cc12. The predicted octanol–water partition coefficient (Wildman–Crippen LogP) is 5.53. The summed E-state index contributed by atoms with van der Waals surface area (Å²) < 4.78 is 45.2. The Hall–Kier alpha value is -4.73. The second kappa shape index (κ2) is 12.2. The molecule has 1 heterocycles. The van der Waals surface area contributed by atoms with Crippen LogP contribution in [0.15, 0.2) is 72.1 Å². The lowest BCUT2D eigenvalue weighted by Crippen LogP contribution is -2.07. The molecule has 0 fully saturated rings. The van der Waals surface area contributed by atoms with Gasteiger partial charge in [0.25, 0.3) is 0 Å². The first-order chi connectivity index (χ1) is 18.8. The molecule has 202 valence electrons. The van der Waals surface area contributed by atoms with Crippen molar-refractivity contribution in [2.75, 3.05) is 14.2 Å². The van der Waals surface area contributed by atoms with E-state index in [4.69, 9.17) is 19.0 Å². The maximum atomic E-state index is 14.9. The smallest absolute Gasteiger partial charge is 0.341 e. The first-order valence-electron chi connectivity index (χ1n) is 11.9. The second-order valence-electron chi connectivity index (χ2n) is 8.55. The highest BCUT2D eigenvalue weighted by Crippen LogP contribution is 2.28. The number of benzene rings is 3. The van der Waals surface area contributed by atoms with Gasteiger partial charge in [0.1, 0.15) is 36.0 Å². The Labute approximate surface area is 224 Å². The molecule has 0 radical (unpaired) electrons. The number of aromatic nitrogens is 2. The third kappa shape index (κ3) is 6.23. The summed E-state index contributed by atoms with van der Waals surface area (Å²) in [5.74, 6) is -1.42. The minimum Gasteiger partial charge on any atom is -0.503 e. The van der Waals surface area contributed by atoms with Gasteiger partial charge in [-0.25, -0.2) is 13.6 Å². The van der Waals surface area contributed by atoms with E-state index in [1.54, 1.807) is 55.1 Å². The van der Waals surface area contributed by atoms with Crippen molar-refractivity contribution in [2.45, 2.75) is 20.1 Å². The van der Waals surface area contributed by atoms with Crippen molar-refractivity contribution in [3.8, 4) is 5.75 Å². The molecule has 0 spiro atoms. The Morgan fingerprint density at radius 2 is 1.79 bits per heavy atom. The molecular weight excluding hydrogens is 508 g/mol. The molecule has 0 amide bonds. The molecule has 1 aromatic heterocycles. The first-order valence-corrected chi connectivity index (χ1v) is 11.9. The van der Waals surface area contributed by atoms with Crippen LogP contribution in [0, 0.1) is 11.6 Å². The summed E-state index contributed by atoms with van der Waals surface area (Å²) in [5, 5.41) is 9.21. The van der Waals surface area contributed by atoms with Crippen LogP contribution in [-0.2, 0) is 39.4 Å². The summed E-state index contributed by atoms with van der Waals surface area (Å²) in [6, 6.07) is 15.8. The van der Waals surface area contributed by atoms with E-state index in [2.05, 4.69) is 10.3 Å². The lowest BCUT2D eigenvalue weighted by molar-refractivity contribution is -0.133. The van der Waals surface area contributed by atoms with E-state index in [0.717, 1.165) is 0 Å². The standard InChI is InChI=1S/C29H27F2N3O5/c1-18(33-39-16-20-7-5-6-8-22(20)24(17-36-3)29(35)37-4)28-23-13-25(31)27(14-26(23)34(2)32-28)38-15-19-9-11-21(30)12-10-19/h5-14,17H,15-16H2,1-4H3. The van der Waals surface area contributed by atoms with Gasteiger partial charge in [-0.05, 0) is 36.2 Å². The van der Waals surface area contributed by atoms with Crippen molar-refractivity contribution < 1.29 is 32.6 Å². The topological polar surface area (TPSA) is 84.2 Å². The van der Waals surface area contributed by atoms with E-state index in [9.17, 15) is 13.6 Å². The van der Waals surface area contributed by atoms with Gasteiger partial charge in [-0.1, -0.05) is 41.6 Å². The minimum absolute atomic E-state index is 0.0477. The molecule has 4 rings (SSSR count). The third-order valence-electron chi connectivity index (χ3n) is 5.92. The van der Waals surface area contributed by atoms with Gasteiger partial charge >= 0.3 is 5.97 Å². The quantitative estimate of drug-likeness (QED) is 0.0873. The van der Waals surface area contributed by atoms with E-state index in [1.807, 2.05) is 6.07 Å². The summed E-state index contributed by atoms with van der Waals surface area (Å²) in [4.78, 5) is 17.8. The molecule has 0 aliphatic heterocycles. The van der Waals surface area contributed by atoms with E-state index in [0.29, 0.717) is 39.0 Å². The number of hydrogen-bond acceptors (Lipinski definition) is 7. The average molecular weight is 536 g/mol. The summed E-state index contributed by atoms with van der Waals surface area (Å²) in [5.41, 5.74) is 3.72. The van der Waals surface area contributed by atoms with Gasteiger partial charge in [-0.3, -0.25) is 4.68 Å². The Morgan fingerprint density at radius 1 is 1.05 bits per heavy atom. The van der Waals surface area contributed by atoms with Gasteiger partial charge in [-0.15, -0.1) is 0 Å². The molecule has 0 unspecified atom stereocenters. The van der Waals surface area contributed by atoms with Gasteiger partial charge < -0.3 is 19.0 Å². The zero-order valence-corrected chi connectivity index (χ0v) is 21.9. The number of methoxy groups -OCH3 is 2. The second-order valence-corrected chi connectivity index (χ2v) is 8.55. The van der Waals surface area contributed by atoms with E-state index in [-0.39, 0.29) is 30.4 Å². The highest BCUT2D eigenvalue weighted by atomic mass is 19.1. The molecular formula is C29H27F2N3O5. The fourth-order valence-corrected chi connectivity index (χ4v) is 3.98. The lowest BCUT2D eigenvalue weighted by Gasteiger charge is -2.11. The number of rotatable bonds is 10. The Balaban J connectivity index is 1.53. The van der Waals surface area contributed by atoms with E-state index in [1.165, 1.54) is 38.7 Å². The zero-order valence-electron chi connectivity index (χ0n) is 21.9. The number of nitrogens with zero attached hydrogens (tertiary/aromatic N) is 3. The number of esters is 1. The maximum Gasteiger partial charge on any atom is 0.341 e. The van der Waals surface area contributed by atoms with Crippen molar-refractivity contribution in [3.05, 3.63) is 101 Å². The van der Waals surface area contributed by atoms with Gasteiger partial charge in [0.15, 0.2) is 11.6 Å². The van der Waals surface area contributed by atoms with E-state index >= 15 is 0 Å². The van der Waals surface area contributed by atoms with Crippen LogP contribution in [0.4, 0.5) is 8.78 Å². The average Bonchev–Trinajstić information content (AvgIpc) is 3.26. The summed E-state index contributed by atoms with van der Waals surface area (Å²) in [6.45, 7) is 1.84. The number of hydrogen-bond donors (Lipinski definition) is 0. The molecule has 4 aromatic rings. The Morgan fingerprint density at radius 3 is 2.51 bits per heavy atom. The number of fused-ring (bicyclic) bond motifs is 1. The maximum absolute atomic E-state index is 14.9. The van der Waals surface area contributed by atoms with Crippen molar-refractivity contribution in [2.24, 2.45) is 12.2 Å². The van der Waals surface area contributed by atoms with Gasteiger partial charge in [0.05, 0.1) is 26.0 Å². The van der Waals surface area contributed by atoms with Crippen molar-refractivity contribution in [3.63, 3.8) is 0 Å². The lowest BCUT2D eigenvalue weighted by atomic mass is 10.0. The van der Waals surface area contributed by atoms with Crippen LogP contribution in [-0.4, -0.2) is 35.7 Å². The molecule has 8 nitrogen and oxygen atoms in total. The Kier molecular flexibility index (Phi) is 8.55. The molecule has 0 saturated heterocycles. The summed E-state index contributed by atoms with van der Waals surface area (Å²) in [6.07, 6.45) is 1.31. The number of halogens is 2. The third-order valence-corrected chi connectivity index (χ3v) is 5.92. The number of carbonyl (C=O) groups excluding carboxylic acids is 1. The van der Waals surface area contributed by atoms with Gasteiger partial charge in [0, 0.05) is 24.1 Å². The molecule has 0 atom stereocenters. The molecule has 0 aliphatic rings. The highest BCUT2D eigenvalue weighted by molar-refractivity contribution is 6.16. The number of ether oxygens (including phenoxy) is 3. The first kappa shape index (κ1) is 27.3. The van der Waals surface area contributed by atoms with Crippen LogP contribution in [0.5, 0.6) is 5.75 Å². The molecule has 39 heavy (non-hydrogen) atoms. The molecule has 10 heteroatoms. The number of oxime groups is 1. The number of aryl methyl sites for hydroxylation is 1. The van der Waals surface area contributed by atoms with Crippen LogP contribution < -0.4 is 4.74 Å². The largest absolute Gasteiger partial charge is 0.503 e. The molecule has 0 N–H and O–H groups in total. The Bertz CT molecular complexity index is 1540. The van der Waals surface area contributed by atoms with Crippen LogP contribution >= 0.6 is 0 Å². The molecule has 0 saturated carbocycles. The van der Waals surface area contributed by atoms with Crippen LogP contribution in [0.1, 0.15) is 29.3 Å². The van der Waals surface area contributed by atoms with Crippen LogP contribution in [0.2, 0.25) is 0 Å². The normalized spacial score (nSPS) is 11.9.